The molecular weight excluding hydrogens is 779 g/mol. The second kappa shape index (κ2) is 18.6. The summed E-state index contributed by atoms with van der Waals surface area (Å²) in [5.74, 6) is -0.313. The zero-order valence-electron chi connectivity index (χ0n) is 32.6. The van der Waals surface area contributed by atoms with Crippen LogP contribution >= 0.6 is 0 Å². The number of imide groups is 2. The third-order valence-electron chi connectivity index (χ3n) is 10.5. The molecule has 0 bridgehead atoms. The molecule has 3 aliphatic rings. The van der Waals surface area contributed by atoms with E-state index in [2.05, 4.69) is 36.4 Å². The molecule has 0 saturated carbocycles. The molecule has 19 nitrogen and oxygen atoms in total. The van der Waals surface area contributed by atoms with Gasteiger partial charge in [-0.25, -0.2) is 0 Å². The number of ether oxygens (including phenoxy) is 4. The largest absolute Gasteiger partial charge is 0.490 e. The molecule has 1 atom stereocenters. The average molecular weight is 822 g/mol. The van der Waals surface area contributed by atoms with E-state index >= 15 is 0 Å². The highest BCUT2D eigenvalue weighted by atomic mass is 16.5. The van der Waals surface area contributed by atoms with Gasteiger partial charge in [-0.1, -0.05) is 17.3 Å². The van der Waals surface area contributed by atoms with Crippen LogP contribution < -0.4 is 15.4 Å². The van der Waals surface area contributed by atoms with E-state index in [1.807, 2.05) is 47.4 Å². The summed E-state index contributed by atoms with van der Waals surface area (Å²) in [6.07, 6.45) is 1.86. The Hall–Kier alpha value is -6.57. The Bertz CT molecular complexity index is 2360. The number of anilines is 1. The van der Waals surface area contributed by atoms with Crippen LogP contribution in [-0.2, 0) is 28.6 Å². The Labute approximate surface area is 343 Å². The van der Waals surface area contributed by atoms with Crippen molar-refractivity contribution in [2.24, 2.45) is 0 Å². The highest BCUT2D eigenvalue weighted by Crippen LogP contribution is 2.34. The summed E-state index contributed by atoms with van der Waals surface area (Å²) < 4.78 is 28.9. The summed E-state index contributed by atoms with van der Waals surface area (Å²) in [5.41, 5.74) is 3.39. The molecule has 0 aliphatic carbocycles. The van der Waals surface area contributed by atoms with E-state index in [-0.39, 0.29) is 42.4 Å². The van der Waals surface area contributed by atoms with Crippen LogP contribution in [0.25, 0.3) is 33.6 Å². The summed E-state index contributed by atoms with van der Waals surface area (Å²) in [4.78, 5) is 65.3. The van der Waals surface area contributed by atoms with E-state index < -0.39 is 29.7 Å². The van der Waals surface area contributed by atoms with Gasteiger partial charge in [0, 0.05) is 55.7 Å². The minimum absolute atomic E-state index is 0.0272. The molecule has 2 fully saturated rings. The predicted molar refractivity (Wildman–Crippen MR) is 212 cm³/mol. The third kappa shape index (κ3) is 9.17. The van der Waals surface area contributed by atoms with Gasteiger partial charge in [-0.15, -0.1) is 10.2 Å². The van der Waals surface area contributed by atoms with Crippen molar-refractivity contribution < 1.29 is 47.4 Å². The number of carbonyl (C=O) groups excluding carboxylic acids is 5. The second-order valence-electron chi connectivity index (χ2n) is 14.4. The minimum atomic E-state index is -1.01. The zero-order valence-corrected chi connectivity index (χ0v) is 32.6. The lowest BCUT2D eigenvalue weighted by atomic mass is 10.0. The highest BCUT2D eigenvalue weighted by Gasteiger charge is 2.44. The predicted octanol–water partition coefficient (Wildman–Crippen LogP) is 3.00. The number of piperidine rings is 2. The van der Waals surface area contributed by atoms with Gasteiger partial charge in [-0.3, -0.25) is 34.2 Å². The zero-order chi connectivity index (χ0) is 41.4. The minimum Gasteiger partial charge on any atom is -0.490 e. The van der Waals surface area contributed by atoms with Crippen LogP contribution in [0.5, 0.6) is 5.75 Å². The van der Waals surface area contributed by atoms with E-state index in [0.29, 0.717) is 101 Å². The van der Waals surface area contributed by atoms with Gasteiger partial charge in [-0.05, 0) is 60.2 Å². The lowest BCUT2D eigenvalue weighted by molar-refractivity contribution is -0.136. The number of hydrogen-bond acceptors (Lipinski definition) is 15. The van der Waals surface area contributed by atoms with Crippen molar-refractivity contribution in [3.8, 4) is 28.5 Å². The number of tetrazole rings is 1. The molecule has 2 aromatic heterocycles. The topological polar surface area (TPSA) is 233 Å². The standard InChI is InChI=1S/C41H43N9O10/c51-35-9-8-34(39(53)43-35)50-40(54)30-6-5-27(24-31(30)41(50)55)42-13-17-57-19-21-58-20-18-56-16-12-36(52)49-14-10-28(11-15-49)59-29-3-1-2-25(22-29)37-32-23-26(38-44-47-48-45-38)4-7-33(32)46-60-37/h1-7,22-24,28,34,42H,8-21H2,(H,43,51,53)(H,44,45,47,48). The average Bonchev–Trinajstić information content (AvgIpc) is 4.01. The Balaban J connectivity index is 0.664. The fraction of sp³-hybridized carbons (Fsp3) is 0.390. The Kier molecular flexibility index (Phi) is 12.4. The molecule has 5 aromatic rings. The first-order chi connectivity index (χ1) is 29.3. The van der Waals surface area contributed by atoms with Crippen LogP contribution in [0.4, 0.5) is 5.69 Å². The molecule has 5 amide bonds. The lowest BCUT2D eigenvalue weighted by Crippen LogP contribution is -2.54. The molecule has 0 spiro atoms. The first-order valence-electron chi connectivity index (χ1n) is 19.8. The number of H-pyrrole nitrogens is 1. The smallest absolute Gasteiger partial charge is 0.262 e. The number of carbonyl (C=O) groups is 5. The van der Waals surface area contributed by atoms with E-state index in [1.54, 1.807) is 18.2 Å². The maximum Gasteiger partial charge on any atom is 0.262 e. The number of nitrogens with one attached hydrogen (secondary N) is 3. The molecule has 3 aromatic carbocycles. The lowest BCUT2D eigenvalue weighted by Gasteiger charge is -2.32. The first-order valence-corrected chi connectivity index (χ1v) is 19.8. The number of fused-ring (bicyclic) bond motifs is 2. The number of hydrogen-bond donors (Lipinski definition) is 3. The SMILES string of the molecule is O=C1CCC(N2C(=O)c3ccc(NCCOCCOCCOCCC(=O)N4CCC(Oc5cccc(-c6onc7ccc(-c8nn[nH]n8)cc67)c5)CC4)cc3C2=O)C(=O)N1. The van der Waals surface area contributed by atoms with Crippen molar-refractivity contribution in [1.82, 2.24) is 40.9 Å². The van der Waals surface area contributed by atoms with Crippen molar-refractivity contribution >= 4 is 46.1 Å². The molecule has 19 heteroatoms. The summed E-state index contributed by atoms with van der Waals surface area (Å²) >= 11 is 0. The molecule has 0 radical (unpaired) electrons. The van der Waals surface area contributed by atoms with Crippen LogP contribution in [0.15, 0.2) is 65.2 Å². The van der Waals surface area contributed by atoms with Gasteiger partial charge in [0.1, 0.15) is 23.4 Å². The van der Waals surface area contributed by atoms with Crippen molar-refractivity contribution in [1.29, 1.82) is 0 Å². The van der Waals surface area contributed by atoms with E-state index in [4.69, 9.17) is 23.5 Å². The van der Waals surface area contributed by atoms with Crippen LogP contribution in [0.1, 0.15) is 52.8 Å². The van der Waals surface area contributed by atoms with Crippen LogP contribution in [-0.4, -0.2) is 137 Å². The van der Waals surface area contributed by atoms with Gasteiger partial charge >= 0.3 is 0 Å². The number of rotatable bonds is 18. The van der Waals surface area contributed by atoms with Gasteiger partial charge < -0.3 is 33.7 Å². The summed E-state index contributed by atoms with van der Waals surface area (Å²) in [5, 5.41) is 24.6. The summed E-state index contributed by atoms with van der Waals surface area (Å²) in [7, 11) is 0. The summed E-state index contributed by atoms with van der Waals surface area (Å²) in [6.45, 7) is 3.79. The fourth-order valence-electron chi connectivity index (χ4n) is 7.41. The molecule has 3 N–H and O–H groups in total. The number of amides is 5. The van der Waals surface area contributed by atoms with Gasteiger partial charge in [0.2, 0.25) is 23.5 Å². The molecule has 60 heavy (non-hydrogen) atoms. The van der Waals surface area contributed by atoms with E-state index in [0.717, 1.165) is 21.4 Å². The molecule has 5 heterocycles. The van der Waals surface area contributed by atoms with Crippen LogP contribution in [0.2, 0.25) is 0 Å². The van der Waals surface area contributed by atoms with Gasteiger partial charge in [0.05, 0.1) is 62.6 Å². The summed E-state index contributed by atoms with van der Waals surface area (Å²) in [6, 6.07) is 17.2. The number of aromatic amines is 1. The fourth-order valence-corrected chi connectivity index (χ4v) is 7.41. The number of benzene rings is 3. The van der Waals surface area contributed by atoms with E-state index in [9.17, 15) is 24.0 Å². The van der Waals surface area contributed by atoms with Gasteiger partial charge in [-0.2, -0.15) is 5.21 Å². The van der Waals surface area contributed by atoms with Crippen LogP contribution in [0, 0.1) is 0 Å². The normalized spacial score (nSPS) is 17.0. The highest BCUT2D eigenvalue weighted by molar-refractivity contribution is 6.23. The van der Waals surface area contributed by atoms with Gasteiger partial charge in [0.25, 0.3) is 11.8 Å². The number of nitrogens with zero attached hydrogens (tertiary/aromatic N) is 6. The second-order valence-corrected chi connectivity index (χ2v) is 14.4. The monoisotopic (exact) mass is 821 g/mol. The first kappa shape index (κ1) is 40.2. The van der Waals surface area contributed by atoms with Crippen molar-refractivity contribution in [3.63, 3.8) is 0 Å². The van der Waals surface area contributed by atoms with Crippen molar-refractivity contribution in [2.75, 3.05) is 64.6 Å². The van der Waals surface area contributed by atoms with E-state index in [1.165, 1.54) is 0 Å². The molecule has 1 unspecified atom stereocenters. The molecule has 2 saturated heterocycles. The quantitative estimate of drug-likeness (QED) is 0.0852. The van der Waals surface area contributed by atoms with Crippen LogP contribution in [0.3, 0.4) is 0 Å². The third-order valence-corrected chi connectivity index (χ3v) is 10.5. The van der Waals surface area contributed by atoms with Gasteiger partial charge in [0.15, 0.2) is 5.76 Å². The molecule has 8 rings (SSSR count). The van der Waals surface area contributed by atoms with Crippen molar-refractivity contribution in [2.45, 2.75) is 44.2 Å². The maximum absolute atomic E-state index is 13.0. The Morgan fingerprint density at radius 3 is 2.40 bits per heavy atom. The Morgan fingerprint density at radius 2 is 1.62 bits per heavy atom. The molecule has 3 aliphatic heterocycles. The number of aromatic nitrogens is 5. The number of likely N-dealkylation sites (tertiary alicyclic amines) is 1. The van der Waals surface area contributed by atoms with Crippen molar-refractivity contribution in [3.05, 3.63) is 71.8 Å². The molecular formula is C41H43N9O10. The maximum atomic E-state index is 13.0. The Morgan fingerprint density at radius 1 is 0.833 bits per heavy atom. The molecule has 312 valence electrons.